The van der Waals surface area contributed by atoms with E-state index in [2.05, 4.69) is 31.2 Å². The fraction of sp³-hybridized carbons (Fsp3) is 0.692. The summed E-state index contributed by atoms with van der Waals surface area (Å²) in [6.07, 6.45) is 6.87. The summed E-state index contributed by atoms with van der Waals surface area (Å²) in [6, 6.07) is 8.27. The van der Waals surface area contributed by atoms with Gasteiger partial charge in [0.15, 0.2) is 0 Å². The van der Waals surface area contributed by atoms with Crippen LogP contribution in [-0.2, 0) is 25.6 Å². The van der Waals surface area contributed by atoms with Crippen LogP contribution in [0.4, 0.5) is 4.79 Å². The standard InChI is InChI=1S/C12H16ClNOS.C12H21N3O4.C2H6/c1-10-4-2-3-9-14(10)16(15)12-7-5-11(13)6-8-12;1-18-19-12(17)15-5-2-3-11(8-15)14-6-4-10(7-14)13-9-16;1-2/h5-8,10H,2-4,9H2,1H3;9-11H,2-8H2,1H3,(H,13,16);1-2H3/t10-,16?;;/m1../s1. The van der Waals surface area contributed by atoms with E-state index in [1.54, 1.807) is 17.0 Å². The average Bonchev–Trinajstić information content (AvgIpc) is 3.40. The van der Waals surface area contributed by atoms with E-state index in [0.29, 0.717) is 30.2 Å². The van der Waals surface area contributed by atoms with Crippen molar-refractivity contribution < 1.29 is 23.6 Å². The van der Waals surface area contributed by atoms with Crippen molar-refractivity contribution in [3.8, 4) is 0 Å². The van der Waals surface area contributed by atoms with Gasteiger partial charge in [-0.2, -0.15) is 4.89 Å². The molecular formula is C26H43ClN4O5S. The average molecular weight is 559 g/mol. The number of benzene rings is 1. The second-order valence-corrected chi connectivity index (χ2v) is 11.1. The van der Waals surface area contributed by atoms with Crippen LogP contribution in [-0.4, -0.2) is 88.8 Å². The number of nitrogens with zero attached hydrogens (tertiary/aromatic N) is 3. The van der Waals surface area contributed by atoms with Crippen LogP contribution in [0.15, 0.2) is 29.2 Å². The number of carbonyl (C=O) groups excluding carboxylic acids is 2. The number of amides is 2. The maximum atomic E-state index is 12.3. The Kier molecular flexibility index (Phi) is 14.5. The highest BCUT2D eigenvalue weighted by atomic mass is 35.5. The number of likely N-dealkylation sites (tertiary alicyclic amines) is 2. The largest absolute Gasteiger partial charge is 0.441 e. The zero-order valence-corrected chi connectivity index (χ0v) is 24.1. The van der Waals surface area contributed by atoms with Crippen molar-refractivity contribution >= 4 is 35.1 Å². The zero-order chi connectivity index (χ0) is 27.2. The third-order valence-electron chi connectivity index (χ3n) is 6.82. The minimum Gasteiger partial charge on any atom is -0.355 e. The van der Waals surface area contributed by atoms with Crippen molar-refractivity contribution in [1.82, 2.24) is 19.4 Å². The summed E-state index contributed by atoms with van der Waals surface area (Å²) in [4.78, 5) is 35.9. The Morgan fingerprint density at radius 1 is 1.05 bits per heavy atom. The van der Waals surface area contributed by atoms with E-state index in [1.807, 2.05) is 26.0 Å². The molecule has 37 heavy (non-hydrogen) atoms. The third-order valence-corrected chi connectivity index (χ3v) is 8.72. The first-order valence-corrected chi connectivity index (χ1v) is 14.8. The van der Waals surface area contributed by atoms with Crippen LogP contribution < -0.4 is 5.32 Å². The Labute approximate surface area is 229 Å². The fourth-order valence-corrected chi connectivity index (χ4v) is 6.39. The molecule has 3 aliphatic heterocycles. The highest BCUT2D eigenvalue weighted by molar-refractivity contribution is 7.82. The minimum atomic E-state index is -1.03. The number of rotatable bonds is 6. The van der Waals surface area contributed by atoms with Gasteiger partial charge in [0.05, 0.1) is 12.0 Å². The molecule has 1 aromatic rings. The number of hydrogen-bond donors (Lipinski definition) is 1. The lowest BCUT2D eigenvalue weighted by atomic mass is 10.1. The molecule has 210 valence electrons. The Morgan fingerprint density at radius 2 is 1.78 bits per heavy atom. The fourth-order valence-electron chi connectivity index (χ4n) is 4.90. The first-order chi connectivity index (χ1) is 17.9. The normalized spacial score (nSPS) is 25.1. The lowest BCUT2D eigenvalue weighted by Crippen LogP contribution is -2.49. The van der Waals surface area contributed by atoms with Crippen LogP contribution in [0.25, 0.3) is 0 Å². The van der Waals surface area contributed by atoms with Crippen molar-refractivity contribution in [3.05, 3.63) is 29.3 Å². The van der Waals surface area contributed by atoms with Gasteiger partial charge in [-0.25, -0.2) is 13.3 Å². The summed E-state index contributed by atoms with van der Waals surface area (Å²) >= 11 is 5.82. The predicted molar refractivity (Wildman–Crippen MR) is 146 cm³/mol. The summed E-state index contributed by atoms with van der Waals surface area (Å²) in [6.45, 7) is 10.3. The number of halogens is 1. The molecule has 0 saturated carbocycles. The Balaban J connectivity index is 0.000000247. The van der Waals surface area contributed by atoms with Crippen LogP contribution in [0.3, 0.4) is 0 Å². The molecule has 4 rings (SSSR count). The Hall–Kier alpha value is -1.72. The Bertz CT molecular complexity index is 847. The summed E-state index contributed by atoms with van der Waals surface area (Å²) in [7, 11) is 0.295. The van der Waals surface area contributed by atoms with Crippen molar-refractivity contribution in [2.45, 2.75) is 82.3 Å². The smallest absolute Gasteiger partial charge is 0.355 e. The maximum absolute atomic E-state index is 12.3. The van der Waals surface area contributed by atoms with Gasteiger partial charge in [0.1, 0.15) is 11.0 Å². The van der Waals surface area contributed by atoms with Crippen LogP contribution in [0, 0.1) is 0 Å². The van der Waals surface area contributed by atoms with E-state index in [-0.39, 0.29) is 6.04 Å². The molecule has 0 bridgehead atoms. The van der Waals surface area contributed by atoms with Crippen molar-refractivity contribution in [2.75, 3.05) is 39.8 Å². The van der Waals surface area contributed by atoms with Gasteiger partial charge in [0.25, 0.3) is 0 Å². The lowest BCUT2D eigenvalue weighted by Gasteiger charge is -2.36. The molecule has 2 amide bonds. The number of nitrogens with one attached hydrogen (secondary N) is 1. The third kappa shape index (κ3) is 9.83. The zero-order valence-electron chi connectivity index (χ0n) is 22.6. The minimum absolute atomic E-state index is 0.235. The van der Waals surface area contributed by atoms with Crippen molar-refractivity contribution in [2.24, 2.45) is 0 Å². The summed E-state index contributed by atoms with van der Waals surface area (Å²) in [5, 5.41) is 3.51. The van der Waals surface area contributed by atoms with Crippen molar-refractivity contribution in [1.29, 1.82) is 0 Å². The lowest BCUT2D eigenvalue weighted by molar-refractivity contribution is -0.222. The van der Waals surface area contributed by atoms with Gasteiger partial charge in [0, 0.05) is 55.9 Å². The number of hydrogen-bond acceptors (Lipinski definition) is 6. The molecular weight excluding hydrogens is 516 g/mol. The summed E-state index contributed by atoms with van der Waals surface area (Å²) in [5.41, 5.74) is 0. The maximum Gasteiger partial charge on any atom is 0.441 e. The van der Waals surface area contributed by atoms with E-state index >= 15 is 0 Å². The van der Waals surface area contributed by atoms with E-state index in [1.165, 1.54) is 13.5 Å². The monoisotopic (exact) mass is 558 g/mol. The van der Waals surface area contributed by atoms with Gasteiger partial charge in [-0.3, -0.25) is 14.6 Å². The van der Waals surface area contributed by atoms with Crippen LogP contribution in [0.2, 0.25) is 5.02 Å². The highest BCUT2D eigenvalue weighted by Gasteiger charge is 2.33. The van der Waals surface area contributed by atoms with Gasteiger partial charge in [-0.1, -0.05) is 31.9 Å². The van der Waals surface area contributed by atoms with Crippen LogP contribution >= 0.6 is 11.6 Å². The quantitative estimate of drug-likeness (QED) is 0.319. The molecule has 1 N–H and O–H groups in total. The molecule has 0 aromatic heterocycles. The number of carbonyl (C=O) groups is 2. The molecule has 3 saturated heterocycles. The molecule has 9 nitrogen and oxygen atoms in total. The SMILES string of the molecule is CC.COOC(=O)N1CCCC(N2CCC(NC=O)C2)C1.C[C@@H]1CCCCN1S(=O)c1ccc(Cl)cc1. The second-order valence-electron chi connectivity index (χ2n) is 9.21. The molecule has 3 unspecified atom stereocenters. The molecule has 11 heteroatoms. The number of piperidine rings is 2. The van der Waals surface area contributed by atoms with E-state index < -0.39 is 17.1 Å². The first-order valence-electron chi connectivity index (χ1n) is 13.3. The van der Waals surface area contributed by atoms with E-state index in [4.69, 9.17) is 11.6 Å². The van der Waals surface area contributed by atoms with Gasteiger partial charge >= 0.3 is 6.09 Å². The summed E-state index contributed by atoms with van der Waals surface area (Å²) < 4.78 is 14.4. The molecule has 0 aliphatic carbocycles. The Morgan fingerprint density at radius 3 is 2.43 bits per heavy atom. The van der Waals surface area contributed by atoms with Gasteiger partial charge < -0.3 is 10.2 Å². The molecule has 4 atom stereocenters. The topological polar surface area (TPSA) is 91.4 Å². The molecule has 3 aliphatic rings. The summed E-state index contributed by atoms with van der Waals surface area (Å²) in [5.74, 6) is 0. The highest BCUT2D eigenvalue weighted by Crippen LogP contribution is 2.23. The van der Waals surface area contributed by atoms with Gasteiger partial charge in [-0.05, 0) is 63.3 Å². The van der Waals surface area contributed by atoms with Crippen molar-refractivity contribution in [3.63, 3.8) is 0 Å². The van der Waals surface area contributed by atoms with Crippen LogP contribution in [0.5, 0.6) is 0 Å². The molecule has 0 radical (unpaired) electrons. The van der Waals surface area contributed by atoms with Gasteiger partial charge in [-0.15, -0.1) is 0 Å². The molecule has 1 aromatic carbocycles. The molecule has 3 heterocycles. The predicted octanol–water partition coefficient (Wildman–Crippen LogP) is 4.23. The molecule has 0 spiro atoms. The first kappa shape index (κ1) is 31.5. The second kappa shape index (κ2) is 17.0. The van der Waals surface area contributed by atoms with Gasteiger partial charge in [0.2, 0.25) is 6.41 Å². The van der Waals surface area contributed by atoms with Crippen LogP contribution in [0.1, 0.15) is 59.3 Å². The van der Waals surface area contributed by atoms with E-state index in [9.17, 15) is 13.8 Å². The van der Waals surface area contributed by atoms with E-state index in [0.717, 1.165) is 63.0 Å². The molecule has 3 fully saturated rings.